The number of para-hydroxylation sites is 1. The van der Waals surface area contributed by atoms with Crippen LogP contribution in [-0.4, -0.2) is 41.1 Å². The summed E-state index contributed by atoms with van der Waals surface area (Å²) in [6.07, 6.45) is 0.814. The highest BCUT2D eigenvalue weighted by molar-refractivity contribution is 5.97. The van der Waals surface area contributed by atoms with E-state index in [2.05, 4.69) is 10.1 Å². The van der Waals surface area contributed by atoms with E-state index in [1.807, 2.05) is 47.4 Å². The number of benzene rings is 2. The van der Waals surface area contributed by atoms with Gasteiger partial charge in [-0.15, -0.1) is 0 Å². The van der Waals surface area contributed by atoms with Gasteiger partial charge in [-0.05, 0) is 30.7 Å². The highest BCUT2D eigenvalue weighted by Gasteiger charge is 2.32. The van der Waals surface area contributed by atoms with Gasteiger partial charge in [-0.1, -0.05) is 35.5 Å². The second-order valence-electron chi connectivity index (χ2n) is 6.26. The molecule has 6 nitrogen and oxygen atoms in total. The van der Waals surface area contributed by atoms with Gasteiger partial charge in [0.05, 0.1) is 12.7 Å². The number of nitrogens with zero attached hydrogens (tertiary/aromatic N) is 3. The van der Waals surface area contributed by atoms with Crippen molar-refractivity contribution in [3.63, 3.8) is 0 Å². The Hall–Kier alpha value is -3.15. The number of rotatable bonds is 4. The Kier molecular flexibility index (Phi) is 4.39. The second-order valence-corrected chi connectivity index (χ2v) is 6.26. The lowest BCUT2D eigenvalue weighted by Crippen LogP contribution is -2.28. The first-order valence-electron chi connectivity index (χ1n) is 8.57. The molecule has 1 aromatic heterocycles. The van der Waals surface area contributed by atoms with E-state index in [4.69, 9.17) is 9.26 Å². The van der Waals surface area contributed by atoms with Gasteiger partial charge < -0.3 is 14.2 Å². The van der Waals surface area contributed by atoms with E-state index >= 15 is 0 Å². The number of ether oxygens (including phenoxy) is 1. The van der Waals surface area contributed by atoms with Crippen LogP contribution in [0.15, 0.2) is 59.1 Å². The van der Waals surface area contributed by atoms with Crippen LogP contribution in [-0.2, 0) is 0 Å². The van der Waals surface area contributed by atoms with Crippen LogP contribution >= 0.6 is 0 Å². The lowest BCUT2D eigenvalue weighted by Gasteiger charge is -2.17. The zero-order valence-corrected chi connectivity index (χ0v) is 14.5. The van der Waals surface area contributed by atoms with E-state index in [9.17, 15) is 4.79 Å². The van der Waals surface area contributed by atoms with Gasteiger partial charge in [-0.3, -0.25) is 4.79 Å². The molecule has 132 valence electrons. The van der Waals surface area contributed by atoms with E-state index in [-0.39, 0.29) is 11.8 Å². The monoisotopic (exact) mass is 349 g/mol. The third-order valence-electron chi connectivity index (χ3n) is 4.64. The third-order valence-corrected chi connectivity index (χ3v) is 4.64. The molecule has 1 aliphatic heterocycles. The molecule has 2 aromatic carbocycles. The second kappa shape index (κ2) is 7.00. The molecular weight excluding hydrogens is 330 g/mol. The Morgan fingerprint density at radius 2 is 1.92 bits per heavy atom. The summed E-state index contributed by atoms with van der Waals surface area (Å²) >= 11 is 0. The van der Waals surface area contributed by atoms with Crippen molar-refractivity contribution in [2.24, 2.45) is 0 Å². The van der Waals surface area contributed by atoms with Crippen LogP contribution in [0.25, 0.3) is 11.5 Å². The first-order chi connectivity index (χ1) is 12.8. The summed E-state index contributed by atoms with van der Waals surface area (Å²) in [5.41, 5.74) is 1.47. The number of carbonyl (C=O) groups excluding carboxylic acids is 1. The van der Waals surface area contributed by atoms with Crippen LogP contribution in [0.2, 0.25) is 0 Å². The van der Waals surface area contributed by atoms with Gasteiger partial charge in [-0.25, -0.2) is 0 Å². The predicted octanol–water partition coefficient (Wildman–Crippen LogP) is 3.37. The van der Waals surface area contributed by atoms with Crippen LogP contribution in [0.1, 0.15) is 28.5 Å². The molecule has 1 amide bonds. The third kappa shape index (κ3) is 3.06. The molecule has 0 aliphatic carbocycles. The highest BCUT2D eigenvalue weighted by atomic mass is 16.5. The maximum absolute atomic E-state index is 12.8. The topological polar surface area (TPSA) is 68.5 Å². The molecule has 1 aliphatic rings. The Morgan fingerprint density at radius 1 is 1.15 bits per heavy atom. The number of aromatic nitrogens is 2. The largest absolute Gasteiger partial charge is 0.496 e. The molecule has 0 unspecified atom stereocenters. The molecule has 1 atom stereocenters. The molecule has 0 spiro atoms. The molecule has 2 heterocycles. The molecule has 1 fully saturated rings. The minimum Gasteiger partial charge on any atom is -0.496 e. The zero-order valence-electron chi connectivity index (χ0n) is 14.5. The van der Waals surface area contributed by atoms with Crippen LogP contribution in [0, 0.1) is 0 Å². The summed E-state index contributed by atoms with van der Waals surface area (Å²) in [6.45, 7) is 1.24. The quantitative estimate of drug-likeness (QED) is 0.722. The molecular formula is C20H19N3O3. The average Bonchev–Trinajstić information content (AvgIpc) is 3.37. The Morgan fingerprint density at radius 3 is 2.73 bits per heavy atom. The van der Waals surface area contributed by atoms with Crippen molar-refractivity contribution in [2.75, 3.05) is 20.2 Å². The van der Waals surface area contributed by atoms with Gasteiger partial charge in [-0.2, -0.15) is 4.98 Å². The molecule has 4 rings (SSSR count). The minimum absolute atomic E-state index is 0.0308. The number of likely N-dealkylation sites (tertiary alicyclic amines) is 1. The van der Waals surface area contributed by atoms with Crippen molar-refractivity contribution in [3.05, 3.63) is 66.0 Å². The molecule has 26 heavy (non-hydrogen) atoms. The van der Waals surface area contributed by atoms with Gasteiger partial charge in [0.1, 0.15) is 5.75 Å². The van der Waals surface area contributed by atoms with Gasteiger partial charge >= 0.3 is 0 Å². The van der Waals surface area contributed by atoms with E-state index in [0.717, 1.165) is 12.0 Å². The van der Waals surface area contributed by atoms with Crippen molar-refractivity contribution in [3.8, 4) is 17.2 Å². The number of carbonyl (C=O) groups is 1. The SMILES string of the molecule is COc1ccccc1C(=O)N1CC[C@H](c2noc(-c3ccccc3)n2)C1. The predicted molar refractivity (Wildman–Crippen MR) is 96.0 cm³/mol. The van der Waals surface area contributed by atoms with Crippen molar-refractivity contribution in [2.45, 2.75) is 12.3 Å². The van der Waals surface area contributed by atoms with Crippen molar-refractivity contribution < 1.29 is 14.1 Å². The lowest BCUT2D eigenvalue weighted by atomic mass is 10.1. The van der Waals surface area contributed by atoms with E-state index < -0.39 is 0 Å². The van der Waals surface area contributed by atoms with E-state index in [1.54, 1.807) is 19.2 Å². The summed E-state index contributed by atoms with van der Waals surface area (Å²) in [6, 6.07) is 17.0. The number of methoxy groups -OCH3 is 1. The normalized spacial score (nSPS) is 16.7. The zero-order chi connectivity index (χ0) is 17.9. The van der Waals surface area contributed by atoms with E-state index in [0.29, 0.717) is 36.1 Å². The summed E-state index contributed by atoms with van der Waals surface area (Å²) in [4.78, 5) is 19.2. The van der Waals surface area contributed by atoms with Crippen LogP contribution in [0.4, 0.5) is 0 Å². The average molecular weight is 349 g/mol. The number of hydrogen-bond acceptors (Lipinski definition) is 5. The Bertz CT molecular complexity index is 907. The standard InChI is InChI=1S/C20H19N3O3/c1-25-17-10-6-5-9-16(17)20(24)23-12-11-15(13-23)18-21-19(26-22-18)14-7-3-2-4-8-14/h2-10,15H,11-13H2,1H3/t15-/m0/s1. The molecule has 6 heteroatoms. The van der Waals surface area contributed by atoms with Gasteiger partial charge in [0.25, 0.3) is 11.8 Å². The summed E-state index contributed by atoms with van der Waals surface area (Å²) in [5.74, 6) is 1.80. The van der Waals surface area contributed by atoms with Gasteiger partial charge in [0.2, 0.25) is 0 Å². The van der Waals surface area contributed by atoms with Crippen LogP contribution in [0.3, 0.4) is 0 Å². The van der Waals surface area contributed by atoms with Crippen LogP contribution in [0.5, 0.6) is 5.75 Å². The molecule has 0 N–H and O–H groups in total. The maximum atomic E-state index is 12.8. The Labute approximate surface area is 151 Å². The fourth-order valence-electron chi connectivity index (χ4n) is 3.25. The Balaban J connectivity index is 1.49. The lowest BCUT2D eigenvalue weighted by molar-refractivity contribution is 0.0787. The highest BCUT2D eigenvalue weighted by Crippen LogP contribution is 2.29. The molecule has 3 aromatic rings. The summed E-state index contributed by atoms with van der Waals surface area (Å²) in [5, 5.41) is 4.13. The van der Waals surface area contributed by atoms with Crippen molar-refractivity contribution in [1.82, 2.24) is 15.0 Å². The number of amides is 1. The first kappa shape index (κ1) is 16.3. The summed E-state index contributed by atoms with van der Waals surface area (Å²) < 4.78 is 10.7. The number of hydrogen-bond donors (Lipinski definition) is 0. The van der Waals surface area contributed by atoms with E-state index in [1.165, 1.54) is 0 Å². The summed E-state index contributed by atoms with van der Waals surface area (Å²) in [7, 11) is 1.57. The first-order valence-corrected chi connectivity index (χ1v) is 8.57. The molecule has 0 saturated carbocycles. The van der Waals surface area contributed by atoms with Crippen molar-refractivity contribution in [1.29, 1.82) is 0 Å². The maximum Gasteiger partial charge on any atom is 0.257 e. The fraction of sp³-hybridized carbons (Fsp3) is 0.250. The minimum atomic E-state index is -0.0308. The van der Waals surface area contributed by atoms with Gasteiger partial charge in [0, 0.05) is 24.6 Å². The molecule has 0 radical (unpaired) electrons. The molecule has 0 bridgehead atoms. The fourth-order valence-corrected chi connectivity index (χ4v) is 3.25. The smallest absolute Gasteiger partial charge is 0.257 e. The van der Waals surface area contributed by atoms with Crippen molar-refractivity contribution >= 4 is 5.91 Å². The van der Waals surface area contributed by atoms with Crippen LogP contribution < -0.4 is 4.74 Å². The molecule has 1 saturated heterocycles. The van der Waals surface area contributed by atoms with Gasteiger partial charge in [0.15, 0.2) is 5.82 Å².